The molecule has 3 nitrogen and oxygen atoms in total. The molecule has 0 radical (unpaired) electrons. The number of halogens is 2. The average Bonchev–Trinajstić information content (AvgIpc) is 2.74. The van der Waals surface area contributed by atoms with Gasteiger partial charge in [0.2, 0.25) is 0 Å². The van der Waals surface area contributed by atoms with E-state index in [0.29, 0.717) is 16.9 Å². The first-order valence-electron chi connectivity index (χ1n) is 6.60. The normalized spacial score (nSPS) is 11.2. The summed E-state index contributed by atoms with van der Waals surface area (Å²) in [5.41, 5.74) is 4.04. The summed E-state index contributed by atoms with van der Waals surface area (Å²) < 4.78 is 15.9. The zero-order valence-corrected chi connectivity index (χ0v) is 13.8. The Morgan fingerprint density at radius 3 is 2.75 bits per heavy atom. The summed E-state index contributed by atoms with van der Waals surface area (Å²) in [6.45, 7) is 6.84. The van der Waals surface area contributed by atoms with Crippen LogP contribution in [0.2, 0.25) is 0 Å². The van der Waals surface area contributed by atoms with Crippen molar-refractivity contribution in [1.82, 2.24) is 9.78 Å². The number of hydrogen-bond donors (Lipinski definition) is 1. The number of rotatable bonds is 4. The van der Waals surface area contributed by atoms with E-state index in [4.69, 9.17) is 0 Å². The van der Waals surface area contributed by atoms with Crippen molar-refractivity contribution in [3.05, 3.63) is 45.4 Å². The van der Waals surface area contributed by atoms with Crippen LogP contribution in [0.5, 0.6) is 0 Å². The molecule has 0 unspecified atom stereocenters. The third-order valence-electron chi connectivity index (χ3n) is 3.22. The van der Waals surface area contributed by atoms with Crippen molar-refractivity contribution in [3.8, 4) is 0 Å². The van der Waals surface area contributed by atoms with E-state index < -0.39 is 0 Å². The van der Waals surface area contributed by atoms with Crippen LogP contribution in [0, 0.1) is 12.7 Å². The van der Waals surface area contributed by atoms with Gasteiger partial charge in [-0.2, -0.15) is 5.10 Å². The monoisotopic (exact) mass is 339 g/mol. The molecule has 0 aliphatic carbocycles. The molecule has 2 rings (SSSR count). The fraction of sp³-hybridized carbons (Fsp3) is 0.400. The maximum Gasteiger partial charge on any atom is 0.139 e. The van der Waals surface area contributed by atoms with Gasteiger partial charge in [-0.1, -0.05) is 13.8 Å². The fourth-order valence-electron chi connectivity index (χ4n) is 2.20. The molecule has 108 valence electrons. The quantitative estimate of drug-likeness (QED) is 0.896. The predicted octanol–water partition coefficient (Wildman–Crippen LogP) is 4.37. The third-order valence-corrected chi connectivity index (χ3v) is 3.83. The smallest absolute Gasteiger partial charge is 0.139 e. The Morgan fingerprint density at radius 2 is 2.10 bits per heavy atom. The molecule has 1 N–H and O–H groups in total. The second-order valence-corrected chi connectivity index (χ2v) is 6.16. The molecule has 0 aliphatic rings. The number of benzene rings is 1. The summed E-state index contributed by atoms with van der Waals surface area (Å²) in [6.07, 6.45) is 2.01. The Bertz CT molecular complexity index is 620. The van der Waals surface area contributed by atoms with E-state index in [9.17, 15) is 4.39 Å². The van der Waals surface area contributed by atoms with Crippen LogP contribution >= 0.6 is 15.9 Å². The molecule has 1 aromatic heterocycles. The lowest BCUT2D eigenvalue weighted by atomic mass is 10.1. The van der Waals surface area contributed by atoms with Gasteiger partial charge in [-0.25, -0.2) is 4.39 Å². The van der Waals surface area contributed by atoms with Gasteiger partial charge in [-0.05, 0) is 46.5 Å². The predicted molar refractivity (Wildman–Crippen MR) is 83.5 cm³/mol. The number of anilines is 1. The van der Waals surface area contributed by atoms with Gasteiger partial charge in [-0.15, -0.1) is 0 Å². The molecule has 1 aromatic carbocycles. The minimum Gasteiger partial charge on any atom is -0.381 e. The maximum atomic E-state index is 13.6. The first kappa shape index (κ1) is 15.0. The van der Waals surface area contributed by atoms with Gasteiger partial charge in [0.15, 0.2) is 0 Å². The standard InChI is InChI=1S/C15H19BrFN3/c1-9(2)15-11(8-20(4)19-15)7-18-14-6-13(17)12(16)5-10(14)3/h5-6,8-9,18H,7H2,1-4H3. The second-order valence-electron chi connectivity index (χ2n) is 5.30. The number of hydrogen-bond acceptors (Lipinski definition) is 2. The molecule has 0 saturated heterocycles. The SMILES string of the molecule is Cc1cc(Br)c(F)cc1NCc1cn(C)nc1C(C)C. The lowest BCUT2D eigenvalue weighted by Crippen LogP contribution is -2.04. The molecule has 1 heterocycles. The molecular weight excluding hydrogens is 321 g/mol. The van der Waals surface area contributed by atoms with E-state index in [-0.39, 0.29) is 5.82 Å². The maximum absolute atomic E-state index is 13.6. The van der Waals surface area contributed by atoms with Crippen LogP contribution in [0.4, 0.5) is 10.1 Å². The van der Waals surface area contributed by atoms with Crippen molar-refractivity contribution in [2.45, 2.75) is 33.2 Å². The number of nitrogens with zero attached hydrogens (tertiary/aromatic N) is 2. The Morgan fingerprint density at radius 1 is 1.40 bits per heavy atom. The van der Waals surface area contributed by atoms with E-state index in [1.165, 1.54) is 6.07 Å². The summed E-state index contributed by atoms with van der Waals surface area (Å²) in [5, 5.41) is 7.76. The van der Waals surface area contributed by atoms with E-state index in [1.807, 2.05) is 24.9 Å². The fourth-order valence-corrected chi connectivity index (χ4v) is 2.66. The van der Waals surface area contributed by atoms with E-state index in [0.717, 1.165) is 22.5 Å². The van der Waals surface area contributed by atoms with Crippen molar-refractivity contribution >= 4 is 21.6 Å². The highest BCUT2D eigenvalue weighted by atomic mass is 79.9. The van der Waals surface area contributed by atoms with Crippen LogP contribution in [-0.2, 0) is 13.6 Å². The topological polar surface area (TPSA) is 29.9 Å². The molecule has 20 heavy (non-hydrogen) atoms. The summed E-state index contributed by atoms with van der Waals surface area (Å²) >= 11 is 3.19. The number of aryl methyl sites for hydroxylation is 2. The molecular formula is C15H19BrFN3. The number of aromatic nitrogens is 2. The first-order chi connectivity index (χ1) is 9.38. The summed E-state index contributed by atoms with van der Waals surface area (Å²) in [6, 6.07) is 3.30. The second kappa shape index (κ2) is 5.95. The highest BCUT2D eigenvalue weighted by Gasteiger charge is 2.12. The highest BCUT2D eigenvalue weighted by molar-refractivity contribution is 9.10. The minimum atomic E-state index is -0.256. The molecule has 0 spiro atoms. The molecule has 0 bridgehead atoms. The van der Waals surface area contributed by atoms with Crippen molar-refractivity contribution in [3.63, 3.8) is 0 Å². The van der Waals surface area contributed by atoms with Gasteiger partial charge in [0.1, 0.15) is 5.82 Å². The third kappa shape index (κ3) is 3.20. The van der Waals surface area contributed by atoms with E-state index in [2.05, 4.69) is 40.2 Å². The Labute approximate surface area is 127 Å². The largest absolute Gasteiger partial charge is 0.381 e. The van der Waals surface area contributed by atoms with E-state index in [1.54, 1.807) is 6.07 Å². The zero-order valence-electron chi connectivity index (χ0n) is 12.2. The van der Waals surface area contributed by atoms with Crippen LogP contribution in [0.15, 0.2) is 22.8 Å². The Balaban J connectivity index is 2.19. The van der Waals surface area contributed by atoms with Crippen LogP contribution in [0.25, 0.3) is 0 Å². The lowest BCUT2D eigenvalue weighted by Gasteiger charge is -2.11. The highest BCUT2D eigenvalue weighted by Crippen LogP contribution is 2.25. The zero-order chi connectivity index (χ0) is 14.9. The van der Waals surface area contributed by atoms with Gasteiger partial charge in [-0.3, -0.25) is 4.68 Å². The van der Waals surface area contributed by atoms with Crippen molar-refractivity contribution in [2.24, 2.45) is 7.05 Å². The number of nitrogens with one attached hydrogen (secondary N) is 1. The Kier molecular flexibility index (Phi) is 4.48. The van der Waals surface area contributed by atoms with Crippen LogP contribution in [0.3, 0.4) is 0 Å². The van der Waals surface area contributed by atoms with Crippen LogP contribution in [0.1, 0.15) is 36.6 Å². The van der Waals surface area contributed by atoms with Crippen molar-refractivity contribution in [1.29, 1.82) is 0 Å². The molecule has 0 saturated carbocycles. The van der Waals surface area contributed by atoms with Crippen molar-refractivity contribution < 1.29 is 4.39 Å². The van der Waals surface area contributed by atoms with Gasteiger partial charge < -0.3 is 5.32 Å². The van der Waals surface area contributed by atoms with Gasteiger partial charge in [0.25, 0.3) is 0 Å². The minimum absolute atomic E-state index is 0.256. The molecule has 0 fully saturated rings. The summed E-state index contributed by atoms with van der Waals surface area (Å²) in [5.74, 6) is 0.115. The van der Waals surface area contributed by atoms with Gasteiger partial charge >= 0.3 is 0 Å². The molecule has 0 amide bonds. The van der Waals surface area contributed by atoms with Crippen LogP contribution < -0.4 is 5.32 Å². The lowest BCUT2D eigenvalue weighted by molar-refractivity contribution is 0.621. The first-order valence-corrected chi connectivity index (χ1v) is 7.39. The Hall–Kier alpha value is -1.36. The summed E-state index contributed by atoms with van der Waals surface area (Å²) in [7, 11) is 1.92. The molecule has 0 atom stereocenters. The molecule has 0 aliphatic heterocycles. The average molecular weight is 340 g/mol. The van der Waals surface area contributed by atoms with Gasteiger partial charge in [0.05, 0.1) is 10.2 Å². The molecule has 2 aromatic rings. The van der Waals surface area contributed by atoms with Gasteiger partial charge in [0, 0.05) is 31.0 Å². The molecule has 5 heteroatoms. The van der Waals surface area contributed by atoms with E-state index >= 15 is 0 Å². The summed E-state index contributed by atoms with van der Waals surface area (Å²) in [4.78, 5) is 0. The van der Waals surface area contributed by atoms with Crippen LogP contribution in [-0.4, -0.2) is 9.78 Å². The van der Waals surface area contributed by atoms with Crippen molar-refractivity contribution in [2.75, 3.05) is 5.32 Å².